The van der Waals surface area contributed by atoms with Gasteiger partial charge >= 0.3 is 5.97 Å². The minimum atomic E-state index is -0.838. The number of carbonyl (C=O) groups is 4. The van der Waals surface area contributed by atoms with Gasteiger partial charge in [-0.2, -0.15) is 0 Å². The Morgan fingerprint density at radius 1 is 0.943 bits per heavy atom. The molecule has 4 aliphatic carbocycles. The monoisotopic (exact) mass is 472 g/mol. The van der Waals surface area contributed by atoms with Crippen LogP contribution in [0.25, 0.3) is 0 Å². The lowest BCUT2D eigenvalue weighted by Crippen LogP contribution is -2.40. The van der Waals surface area contributed by atoms with Crippen LogP contribution in [0.5, 0.6) is 0 Å². The molecule has 0 radical (unpaired) electrons. The standard InChI is InChI=1S/C26H20N2O7/c29-21(13-5-7-14(8-6-13)28(33)34)12-35-26(32)17-3-1-2-4-20(17)27-24(30)22-15-9-10-16(19-11-18(15)19)23(22)25(27)31/h1-10,15-16,18-19,22-23H,11-12H2/t15-,16-,18-,19+,22+,23+/m0/s1. The van der Waals surface area contributed by atoms with Gasteiger partial charge in [-0.1, -0.05) is 24.3 Å². The van der Waals surface area contributed by atoms with E-state index in [-0.39, 0.29) is 46.2 Å². The molecule has 0 N–H and O–H groups in total. The number of para-hydroxylation sites is 1. The Balaban J connectivity index is 1.21. The third-order valence-electron chi connectivity index (χ3n) is 7.76. The van der Waals surface area contributed by atoms with Crippen LogP contribution in [-0.4, -0.2) is 35.1 Å². The number of nitro benzene ring substituents is 1. The van der Waals surface area contributed by atoms with Crippen molar-refractivity contribution in [1.82, 2.24) is 0 Å². The number of nitrogens with zero attached hydrogens (tertiary/aromatic N) is 2. The molecule has 1 heterocycles. The fourth-order valence-electron chi connectivity index (χ4n) is 6.10. The van der Waals surface area contributed by atoms with E-state index in [0.29, 0.717) is 11.8 Å². The maximum absolute atomic E-state index is 13.4. The van der Waals surface area contributed by atoms with Gasteiger partial charge in [0.2, 0.25) is 11.8 Å². The lowest BCUT2D eigenvalue weighted by Gasteiger charge is -2.37. The summed E-state index contributed by atoms with van der Waals surface area (Å²) in [7, 11) is 0. The molecule has 176 valence electrons. The maximum Gasteiger partial charge on any atom is 0.340 e. The Bertz CT molecular complexity index is 1300. The number of carbonyl (C=O) groups excluding carboxylic acids is 4. The number of rotatable bonds is 6. The van der Waals surface area contributed by atoms with Gasteiger partial charge < -0.3 is 4.74 Å². The van der Waals surface area contributed by atoms with E-state index in [2.05, 4.69) is 12.2 Å². The molecule has 35 heavy (non-hydrogen) atoms. The highest BCUT2D eigenvalue weighted by Gasteiger charge is 2.67. The molecule has 2 saturated carbocycles. The quantitative estimate of drug-likeness (QED) is 0.158. The van der Waals surface area contributed by atoms with Crippen LogP contribution in [0.4, 0.5) is 11.4 Å². The molecular weight excluding hydrogens is 452 g/mol. The van der Waals surface area contributed by atoms with E-state index in [0.717, 1.165) is 11.3 Å². The lowest BCUT2D eigenvalue weighted by atomic mass is 9.63. The second-order valence-electron chi connectivity index (χ2n) is 9.49. The van der Waals surface area contributed by atoms with Crippen molar-refractivity contribution in [2.45, 2.75) is 6.42 Å². The molecule has 2 bridgehead atoms. The van der Waals surface area contributed by atoms with Crippen molar-refractivity contribution < 1.29 is 28.8 Å². The number of anilines is 1. The normalized spacial score (nSPS) is 29.5. The van der Waals surface area contributed by atoms with Gasteiger partial charge in [0.25, 0.3) is 5.69 Å². The largest absolute Gasteiger partial charge is 0.454 e. The van der Waals surface area contributed by atoms with Crippen molar-refractivity contribution in [2.24, 2.45) is 35.5 Å². The van der Waals surface area contributed by atoms with Crippen LogP contribution in [0.2, 0.25) is 0 Å². The highest BCUT2D eigenvalue weighted by molar-refractivity contribution is 6.24. The molecule has 2 amide bonds. The number of Topliss-reactive ketones (excluding diaryl/α,β-unsaturated/α-hetero) is 1. The zero-order valence-electron chi connectivity index (χ0n) is 18.4. The molecular formula is C26H20N2O7. The molecule has 9 nitrogen and oxygen atoms in total. The molecule has 0 spiro atoms. The highest BCUT2D eigenvalue weighted by Crippen LogP contribution is 2.65. The summed E-state index contributed by atoms with van der Waals surface area (Å²) in [6.07, 6.45) is 5.22. The van der Waals surface area contributed by atoms with Crippen LogP contribution in [0, 0.1) is 45.6 Å². The SMILES string of the molecule is O=C(COC(=O)c1ccccc1N1C(=O)[C@@H]2[C@H]3C=C[C@@H]([C@@H]4C[C@H]34)[C@H]2C1=O)c1ccc([N+](=O)[O-])cc1. The topological polar surface area (TPSA) is 124 Å². The number of amides is 2. The number of ketones is 1. The molecule has 2 aromatic rings. The summed E-state index contributed by atoms with van der Waals surface area (Å²) in [6.45, 7) is -0.588. The summed E-state index contributed by atoms with van der Waals surface area (Å²) in [4.78, 5) is 63.5. The van der Waals surface area contributed by atoms with Gasteiger partial charge in [0, 0.05) is 17.7 Å². The van der Waals surface area contributed by atoms with E-state index in [1.54, 1.807) is 12.1 Å². The molecule has 0 unspecified atom stereocenters. The van der Waals surface area contributed by atoms with E-state index in [9.17, 15) is 29.3 Å². The number of hydrogen-bond acceptors (Lipinski definition) is 7. The fourth-order valence-corrected chi connectivity index (χ4v) is 6.10. The number of nitro groups is 1. The summed E-state index contributed by atoms with van der Waals surface area (Å²) in [5.74, 6) is -1.67. The first-order valence-corrected chi connectivity index (χ1v) is 11.5. The second kappa shape index (κ2) is 7.69. The molecule has 1 saturated heterocycles. The first kappa shape index (κ1) is 21.4. The van der Waals surface area contributed by atoms with E-state index >= 15 is 0 Å². The van der Waals surface area contributed by atoms with Gasteiger partial charge in [0.1, 0.15) is 0 Å². The number of hydrogen-bond donors (Lipinski definition) is 0. The van der Waals surface area contributed by atoms with Gasteiger partial charge in [-0.15, -0.1) is 0 Å². The molecule has 1 aliphatic heterocycles. The van der Waals surface area contributed by atoms with Crippen molar-refractivity contribution in [2.75, 3.05) is 11.5 Å². The second-order valence-corrected chi connectivity index (χ2v) is 9.49. The number of benzene rings is 2. The van der Waals surface area contributed by atoms with E-state index in [4.69, 9.17) is 4.74 Å². The molecule has 5 aliphatic rings. The highest BCUT2D eigenvalue weighted by atomic mass is 16.6. The van der Waals surface area contributed by atoms with E-state index in [1.807, 2.05) is 0 Å². The lowest BCUT2D eigenvalue weighted by molar-refractivity contribution is -0.384. The van der Waals surface area contributed by atoms with Crippen molar-refractivity contribution in [3.63, 3.8) is 0 Å². The van der Waals surface area contributed by atoms with Crippen LogP contribution < -0.4 is 4.90 Å². The third-order valence-corrected chi connectivity index (χ3v) is 7.76. The van der Waals surface area contributed by atoms with Crippen LogP contribution in [0.15, 0.2) is 60.7 Å². The fraction of sp³-hybridized carbons (Fsp3) is 0.308. The molecule has 7 rings (SSSR count). The minimum Gasteiger partial charge on any atom is -0.454 e. The van der Waals surface area contributed by atoms with Gasteiger partial charge in [-0.3, -0.25) is 24.5 Å². The zero-order valence-corrected chi connectivity index (χ0v) is 18.4. The van der Waals surface area contributed by atoms with Crippen LogP contribution in [-0.2, 0) is 14.3 Å². The van der Waals surface area contributed by atoms with Gasteiger partial charge in [0.15, 0.2) is 12.4 Å². The van der Waals surface area contributed by atoms with Crippen LogP contribution >= 0.6 is 0 Å². The molecule has 9 heteroatoms. The summed E-state index contributed by atoms with van der Waals surface area (Å²) in [6, 6.07) is 11.2. The Morgan fingerprint density at radius 3 is 2.14 bits per heavy atom. The average molecular weight is 472 g/mol. The number of imide groups is 1. The Kier molecular flexibility index (Phi) is 4.70. The Labute approximate surface area is 199 Å². The number of non-ortho nitro benzene ring substituents is 1. The number of allylic oxidation sites excluding steroid dienone is 2. The Morgan fingerprint density at radius 2 is 1.54 bits per heavy atom. The number of ether oxygens (including phenoxy) is 1. The summed E-state index contributed by atoms with van der Waals surface area (Å²) in [5, 5.41) is 10.8. The Hall–Kier alpha value is -4.14. The van der Waals surface area contributed by atoms with Gasteiger partial charge in [0.05, 0.1) is 28.0 Å². The maximum atomic E-state index is 13.4. The predicted molar refractivity (Wildman–Crippen MR) is 121 cm³/mol. The summed E-state index contributed by atoms with van der Waals surface area (Å²) in [5.41, 5.74) is 0.189. The van der Waals surface area contributed by atoms with Gasteiger partial charge in [-0.05, 0) is 54.4 Å². The van der Waals surface area contributed by atoms with E-state index in [1.165, 1.54) is 36.4 Å². The van der Waals surface area contributed by atoms with Crippen LogP contribution in [0.1, 0.15) is 27.1 Å². The molecule has 2 aromatic carbocycles. The average Bonchev–Trinajstić information content (AvgIpc) is 3.65. The minimum absolute atomic E-state index is 0.0230. The van der Waals surface area contributed by atoms with Crippen molar-refractivity contribution >= 4 is 34.9 Å². The van der Waals surface area contributed by atoms with Crippen molar-refractivity contribution in [1.29, 1.82) is 0 Å². The molecule has 6 atom stereocenters. The zero-order chi connectivity index (χ0) is 24.4. The number of esters is 1. The van der Waals surface area contributed by atoms with Crippen molar-refractivity contribution in [3.05, 3.63) is 81.9 Å². The van der Waals surface area contributed by atoms with Crippen LogP contribution in [0.3, 0.4) is 0 Å². The summed E-state index contributed by atoms with van der Waals surface area (Å²) >= 11 is 0. The summed E-state index contributed by atoms with van der Waals surface area (Å²) < 4.78 is 5.21. The molecule has 3 fully saturated rings. The third kappa shape index (κ3) is 3.22. The van der Waals surface area contributed by atoms with E-state index < -0.39 is 35.1 Å². The smallest absolute Gasteiger partial charge is 0.340 e. The molecule has 0 aromatic heterocycles. The predicted octanol–water partition coefficient (Wildman–Crippen LogP) is 3.19. The van der Waals surface area contributed by atoms with Gasteiger partial charge in [-0.25, -0.2) is 9.69 Å². The first-order chi connectivity index (χ1) is 16.9. The first-order valence-electron chi connectivity index (χ1n) is 11.5. The van der Waals surface area contributed by atoms with Crippen molar-refractivity contribution in [3.8, 4) is 0 Å².